The Balaban J connectivity index is 1.96. The van der Waals surface area contributed by atoms with Gasteiger partial charge in [0.25, 0.3) is 0 Å². The second kappa shape index (κ2) is 5.70. The lowest BCUT2D eigenvalue weighted by atomic mass is 10.0. The molecule has 0 saturated carbocycles. The van der Waals surface area contributed by atoms with Crippen LogP contribution in [0.3, 0.4) is 0 Å². The largest absolute Gasteiger partial charge is 0.315 e. The lowest BCUT2D eigenvalue weighted by Crippen LogP contribution is -2.59. The third-order valence-corrected chi connectivity index (χ3v) is 4.18. The molecule has 1 amide bonds. The minimum atomic E-state index is -0.0612. The van der Waals surface area contributed by atoms with E-state index < -0.39 is 0 Å². The number of nitriles is 1. The van der Waals surface area contributed by atoms with Gasteiger partial charge in [-0.2, -0.15) is 5.26 Å². The quantitative estimate of drug-likeness (QED) is 0.873. The molecule has 1 fully saturated rings. The number of carbonyl (C=O) groups excluding carboxylic acids is 1. The van der Waals surface area contributed by atoms with Crippen molar-refractivity contribution in [1.29, 1.82) is 5.26 Å². The van der Waals surface area contributed by atoms with E-state index in [2.05, 4.69) is 35.5 Å². The highest BCUT2D eigenvalue weighted by Crippen LogP contribution is 2.22. The maximum absolute atomic E-state index is 12.1. The first-order chi connectivity index (χ1) is 9.03. The Labute approximate surface area is 117 Å². The molecule has 0 spiro atoms. The van der Waals surface area contributed by atoms with Crippen LogP contribution in [-0.4, -0.2) is 42.5 Å². The summed E-state index contributed by atoms with van der Waals surface area (Å²) in [7, 11) is 0. The van der Waals surface area contributed by atoms with Gasteiger partial charge < -0.3 is 10.6 Å². The van der Waals surface area contributed by atoms with E-state index in [1.165, 1.54) is 11.3 Å². The molecule has 1 aliphatic heterocycles. The maximum Gasteiger partial charge on any atom is 0.239 e. The molecule has 1 aliphatic rings. The molecule has 0 atom stereocenters. The first kappa shape index (κ1) is 14.0. The van der Waals surface area contributed by atoms with E-state index in [9.17, 15) is 4.79 Å². The smallest absolute Gasteiger partial charge is 0.239 e. The van der Waals surface area contributed by atoms with Gasteiger partial charge in [-0.1, -0.05) is 0 Å². The minimum absolute atomic E-state index is 0.0247. The number of amides is 1. The average molecular weight is 278 g/mol. The Morgan fingerprint density at radius 2 is 2.47 bits per heavy atom. The lowest BCUT2D eigenvalue weighted by Gasteiger charge is -2.42. The molecule has 6 heteroatoms. The molecular weight excluding hydrogens is 260 g/mol. The second-order valence-corrected chi connectivity index (χ2v) is 6.15. The van der Waals surface area contributed by atoms with Crippen LogP contribution in [0.4, 0.5) is 5.00 Å². The summed E-state index contributed by atoms with van der Waals surface area (Å²) in [6, 6.07) is 3.79. The second-order valence-electron chi connectivity index (χ2n) is 5.23. The molecular formula is C13H18N4OS. The van der Waals surface area contributed by atoms with E-state index in [1.807, 2.05) is 5.38 Å². The Morgan fingerprint density at radius 1 is 1.68 bits per heavy atom. The standard InChI is InChI=1S/C13H18N4OS/c1-13(2)9-15-4-5-17(13)8-11(18)16-12-10(7-14)3-6-19-12/h3,6,15H,4-5,8-9H2,1-2H3,(H,16,18). The molecule has 0 aromatic carbocycles. The van der Waals surface area contributed by atoms with Crippen LogP contribution in [-0.2, 0) is 4.79 Å². The number of anilines is 1. The van der Waals surface area contributed by atoms with Crippen molar-refractivity contribution in [3.05, 3.63) is 17.0 Å². The molecule has 0 unspecified atom stereocenters. The van der Waals surface area contributed by atoms with Crippen LogP contribution in [0.2, 0.25) is 0 Å². The number of carbonyl (C=O) groups is 1. The summed E-state index contributed by atoms with van der Waals surface area (Å²) in [5.74, 6) is -0.0612. The summed E-state index contributed by atoms with van der Waals surface area (Å²) in [5.41, 5.74) is 0.501. The third kappa shape index (κ3) is 3.32. The molecule has 0 radical (unpaired) electrons. The van der Waals surface area contributed by atoms with Crippen molar-refractivity contribution >= 4 is 22.2 Å². The summed E-state index contributed by atoms with van der Waals surface area (Å²) < 4.78 is 0. The van der Waals surface area contributed by atoms with E-state index in [0.717, 1.165) is 19.6 Å². The fraction of sp³-hybridized carbons (Fsp3) is 0.538. The van der Waals surface area contributed by atoms with Gasteiger partial charge in [0.2, 0.25) is 5.91 Å². The minimum Gasteiger partial charge on any atom is -0.315 e. The molecule has 2 N–H and O–H groups in total. The van der Waals surface area contributed by atoms with E-state index in [1.54, 1.807) is 6.07 Å². The highest BCUT2D eigenvalue weighted by Gasteiger charge is 2.30. The zero-order valence-electron chi connectivity index (χ0n) is 11.2. The van der Waals surface area contributed by atoms with Crippen molar-refractivity contribution < 1.29 is 4.79 Å². The number of hydrogen-bond acceptors (Lipinski definition) is 5. The zero-order chi connectivity index (χ0) is 13.9. The van der Waals surface area contributed by atoms with Crippen LogP contribution in [0.25, 0.3) is 0 Å². The fourth-order valence-electron chi connectivity index (χ4n) is 2.15. The van der Waals surface area contributed by atoms with E-state index >= 15 is 0 Å². The first-order valence-corrected chi connectivity index (χ1v) is 7.14. The Kier molecular flexibility index (Phi) is 4.20. The number of nitrogens with one attached hydrogen (secondary N) is 2. The monoisotopic (exact) mass is 278 g/mol. The lowest BCUT2D eigenvalue weighted by molar-refractivity contribution is -0.119. The van der Waals surface area contributed by atoms with Gasteiger partial charge >= 0.3 is 0 Å². The molecule has 2 rings (SSSR count). The summed E-state index contributed by atoms with van der Waals surface area (Å²) in [6.07, 6.45) is 0. The summed E-state index contributed by atoms with van der Waals surface area (Å²) in [4.78, 5) is 14.2. The van der Waals surface area contributed by atoms with E-state index in [4.69, 9.17) is 5.26 Å². The molecule has 5 nitrogen and oxygen atoms in total. The molecule has 1 aromatic rings. The highest BCUT2D eigenvalue weighted by atomic mass is 32.1. The van der Waals surface area contributed by atoms with Crippen molar-refractivity contribution in [2.45, 2.75) is 19.4 Å². The summed E-state index contributed by atoms with van der Waals surface area (Å²) in [6.45, 7) is 7.24. The van der Waals surface area contributed by atoms with Crippen molar-refractivity contribution in [3.63, 3.8) is 0 Å². The maximum atomic E-state index is 12.1. The van der Waals surface area contributed by atoms with Gasteiger partial charge in [0, 0.05) is 25.2 Å². The van der Waals surface area contributed by atoms with Crippen LogP contribution in [0.15, 0.2) is 11.4 Å². The van der Waals surface area contributed by atoms with Crippen LogP contribution in [0.5, 0.6) is 0 Å². The Bertz CT molecular complexity index is 503. The number of rotatable bonds is 3. The summed E-state index contributed by atoms with van der Waals surface area (Å²) in [5, 5.41) is 17.5. The molecule has 0 aliphatic carbocycles. The normalized spacial score (nSPS) is 18.8. The topological polar surface area (TPSA) is 68.2 Å². The van der Waals surface area contributed by atoms with Gasteiger partial charge in [-0.3, -0.25) is 9.69 Å². The summed E-state index contributed by atoms with van der Waals surface area (Å²) >= 11 is 1.38. The van der Waals surface area contributed by atoms with Gasteiger partial charge in [-0.25, -0.2) is 0 Å². The van der Waals surface area contributed by atoms with Crippen LogP contribution in [0, 0.1) is 11.3 Å². The van der Waals surface area contributed by atoms with Gasteiger partial charge in [-0.15, -0.1) is 11.3 Å². The number of hydrogen-bond donors (Lipinski definition) is 2. The molecule has 1 aromatic heterocycles. The van der Waals surface area contributed by atoms with Gasteiger partial charge in [-0.05, 0) is 25.3 Å². The van der Waals surface area contributed by atoms with Crippen molar-refractivity contribution in [2.75, 3.05) is 31.5 Å². The van der Waals surface area contributed by atoms with Gasteiger partial charge in [0.05, 0.1) is 12.1 Å². The Morgan fingerprint density at radius 3 is 3.16 bits per heavy atom. The zero-order valence-corrected chi connectivity index (χ0v) is 12.0. The average Bonchev–Trinajstić information content (AvgIpc) is 2.79. The molecule has 2 heterocycles. The predicted octanol–water partition coefficient (Wildman–Crippen LogP) is 1.24. The predicted molar refractivity (Wildman–Crippen MR) is 76.2 cm³/mol. The molecule has 1 saturated heterocycles. The number of nitrogens with zero attached hydrogens (tertiary/aromatic N) is 2. The molecule has 0 bridgehead atoms. The third-order valence-electron chi connectivity index (χ3n) is 3.35. The Hall–Kier alpha value is -1.42. The highest BCUT2D eigenvalue weighted by molar-refractivity contribution is 7.14. The SMILES string of the molecule is CC1(C)CNCCN1CC(=O)Nc1sccc1C#N. The molecule has 19 heavy (non-hydrogen) atoms. The van der Waals surface area contributed by atoms with Crippen molar-refractivity contribution in [1.82, 2.24) is 10.2 Å². The van der Waals surface area contributed by atoms with Gasteiger partial charge in [0.15, 0.2) is 0 Å². The van der Waals surface area contributed by atoms with E-state index in [-0.39, 0.29) is 11.4 Å². The number of piperazine rings is 1. The first-order valence-electron chi connectivity index (χ1n) is 6.26. The van der Waals surface area contributed by atoms with Crippen LogP contribution >= 0.6 is 11.3 Å². The van der Waals surface area contributed by atoms with Crippen LogP contribution in [0.1, 0.15) is 19.4 Å². The number of thiophene rings is 1. The van der Waals surface area contributed by atoms with Crippen LogP contribution < -0.4 is 10.6 Å². The van der Waals surface area contributed by atoms with E-state index in [0.29, 0.717) is 17.1 Å². The van der Waals surface area contributed by atoms with Gasteiger partial charge in [0.1, 0.15) is 11.1 Å². The fourth-order valence-corrected chi connectivity index (χ4v) is 2.90. The van der Waals surface area contributed by atoms with Crippen molar-refractivity contribution in [2.24, 2.45) is 0 Å². The molecule has 102 valence electrons. The van der Waals surface area contributed by atoms with Crippen molar-refractivity contribution in [3.8, 4) is 6.07 Å².